The fourth-order valence-corrected chi connectivity index (χ4v) is 3.39. The first-order valence-corrected chi connectivity index (χ1v) is 8.98. The number of halogens is 3. The third kappa shape index (κ3) is 4.60. The van der Waals surface area contributed by atoms with Crippen LogP contribution in [-0.2, 0) is 15.8 Å². The van der Waals surface area contributed by atoms with E-state index in [0.717, 1.165) is 12.1 Å². The summed E-state index contributed by atoms with van der Waals surface area (Å²) in [5.41, 5.74) is -1.20. The monoisotopic (exact) mass is 422 g/mol. The molecule has 29 heavy (non-hydrogen) atoms. The van der Waals surface area contributed by atoms with Crippen LogP contribution in [0, 0.1) is 0 Å². The molecule has 2 aromatic rings. The van der Waals surface area contributed by atoms with Crippen LogP contribution in [0.4, 0.5) is 23.7 Å². The minimum Gasteiger partial charge on any atom is -0.507 e. The summed E-state index contributed by atoms with van der Waals surface area (Å²) < 4.78 is 39.1. The highest BCUT2D eigenvalue weighted by Crippen LogP contribution is 2.35. The van der Waals surface area contributed by atoms with Crippen LogP contribution >= 0.6 is 11.8 Å². The smallest absolute Gasteiger partial charge is 0.418 e. The van der Waals surface area contributed by atoms with Crippen molar-refractivity contribution in [3.8, 4) is 5.75 Å². The molecule has 1 heterocycles. The van der Waals surface area contributed by atoms with Gasteiger partial charge in [-0.3, -0.25) is 19.3 Å². The molecule has 1 aliphatic heterocycles. The summed E-state index contributed by atoms with van der Waals surface area (Å²) in [5.74, 6) is -1.82. The first kappa shape index (κ1) is 20.5. The Morgan fingerprint density at radius 3 is 2.45 bits per heavy atom. The molecule has 1 aliphatic rings. The molecule has 0 radical (unpaired) electrons. The zero-order valence-electron chi connectivity index (χ0n) is 14.6. The molecule has 0 spiro atoms. The number of anilines is 1. The summed E-state index contributed by atoms with van der Waals surface area (Å²) in [6.45, 7) is -0.741. The molecule has 0 unspecified atom stereocenters. The van der Waals surface area contributed by atoms with Gasteiger partial charge in [-0.15, -0.1) is 0 Å². The van der Waals surface area contributed by atoms with Gasteiger partial charge in [0.15, 0.2) is 0 Å². The lowest BCUT2D eigenvalue weighted by molar-refractivity contribution is -0.137. The fourth-order valence-electron chi connectivity index (χ4n) is 2.56. The van der Waals surface area contributed by atoms with Crippen molar-refractivity contribution in [2.45, 2.75) is 6.18 Å². The van der Waals surface area contributed by atoms with Crippen molar-refractivity contribution in [2.24, 2.45) is 0 Å². The SMILES string of the molecule is O=C(CN1C(=O)S/C(=C\c2ccccc2O)C1=O)Nc1ccccc1C(F)(F)F. The van der Waals surface area contributed by atoms with Crippen LogP contribution in [0.25, 0.3) is 6.08 Å². The van der Waals surface area contributed by atoms with Crippen molar-refractivity contribution >= 4 is 40.6 Å². The lowest BCUT2D eigenvalue weighted by atomic mass is 10.1. The quantitative estimate of drug-likeness (QED) is 0.725. The van der Waals surface area contributed by atoms with Crippen molar-refractivity contribution in [3.63, 3.8) is 0 Å². The van der Waals surface area contributed by atoms with Crippen molar-refractivity contribution < 1.29 is 32.7 Å². The highest BCUT2D eigenvalue weighted by Gasteiger charge is 2.37. The van der Waals surface area contributed by atoms with Crippen molar-refractivity contribution in [1.29, 1.82) is 0 Å². The van der Waals surface area contributed by atoms with Crippen LogP contribution in [0.2, 0.25) is 0 Å². The van der Waals surface area contributed by atoms with Gasteiger partial charge in [-0.05, 0) is 36.0 Å². The topological polar surface area (TPSA) is 86.7 Å². The minimum atomic E-state index is -4.67. The zero-order valence-corrected chi connectivity index (χ0v) is 15.4. The van der Waals surface area contributed by atoms with Crippen molar-refractivity contribution in [3.05, 3.63) is 64.6 Å². The Labute approximate surface area is 167 Å². The van der Waals surface area contributed by atoms with E-state index >= 15 is 0 Å². The molecule has 0 bridgehead atoms. The van der Waals surface area contributed by atoms with Gasteiger partial charge in [-0.25, -0.2) is 0 Å². The second kappa shape index (κ2) is 8.00. The largest absolute Gasteiger partial charge is 0.507 e. The van der Waals surface area contributed by atoms with E-state index in [1.807, 2.05) is 0 Å². The van der Waals surface area contributed by atoms with E-state index in [4.69, 9.17) is 0 Å². The van der Waals surface area contributed by atoms with E-state index in [1.165, 1.54) is 30.3 Å². The first-order valence-electron chi connectivity index (χ1n) is 8.16. The number of carbonyl (C=O) groups is 3. The van der Waals surface area contributed by atoms with Crippen molar-refractivity contribution in [1.82, 2.24) is 4.90 Å². The molecule has 10 heteroatoms. The molecule has 1 saturated heterocycles. The maximum Gasteiger partial charge on any atom is 0.418 e. The molecule has 3 amide bonds. The number of alkyl halides is 3. The van der Waals surface area contributed by atoms with Gasteiger partial charge in [-0.2, -0.15) is 13.2 Å². The number of phenols is 1. The van der Waals surface area contributed by atoms with Gasteiger partial charge in [-0.1, -0.05) is 30.3 Å². The van der Waals surface area contributed by atoms with Crippen LogP contribution in [0.1, 0.15) is 11.1 Å². The standard InChI is InChI=1S/C19H13F3N2O4S/c20-19(21,22)12-6-2-3-7-13(12)23-16(26)10-24-17(27)15(29-18(24)28)9-11-5-1-4-8-14(11)25/h1-9,25H,10H2,(H,23,26)/b15-9-. The number of benzene rings is 2. The van der Waals surface area contributed by atoms with Gasteiger partial charge in [0.05, 0.1) is 16.2 Å². The maximum absolute atomic E-state index is 13.0. The van der Waals surface area contributed by atoms with Crippen LogP contribution in [0.15, 0.2) is 53.4 Å². The lowest BCUT2D eigenvalue weighted by Crippen LogP contribution is -2.36. The average molecular weight is 422 g/mol. The van der Waals surface area contributed by atoms with Gasteiger partial charge in [0.25, 0.3) is 11.1 Å². The molecule has 6 nitrogen and oxygen atoms in total. The molecule has 0 atom stereocenters. The number of rotatable bonds is 4. The molecule has 1 fully saturated rings. The van der Waals surface area contributed by atoms with E-state index < -0.39 is 41.0 Å². The number of nitrogens with zero attached hydrogens (tertiary/aromatic N) is 1. The van der Waals surface area contributed by atoms with E-state index in [-0.39, 0.29) is 10.7 Å². The zero-order chi connectivity index (χ0) is 21.2. The summed E-state index contributed by atoms with van der Waals surface area (Å²) in [7, 11) is 0. The Morgan fingerprint density at radius 1 is 1.10 bits per heavy atom. The third-order valence-corrected chi connectivity index (χ3v) is 4.81. The normalized spacial score (nSPS) is 15.8. The van der Waals surface area contributed by atoms with Gasteiger partial charge < -0.3 is 10.4 Å². The Balaban J connectivity index is 1.74. The number of hydrogen-bond donors (Lipinski definition) is 2. The Bertz CT molecular complexity index is 1020. The van der Waals surface area contributed by atoms with Crippen molar-refractivity contribution in [2.75, 3.05) is 11.9 Å². The Hall–Kier alpha value is -3.27. The van der Waals surface area contributed by atoms with Crippen LogP contribution in [-0.4, -0.2) is 33.6 Å². The van der Waals surface area contributed by atoms with Gasteiger partial charge in [0.1, 0.15) is 12.3 Å². The van der Waals surface area contributed by atoms with Gasteiger partial charge in [0, 0.05) is 5.56 Å². The number of para-hydroxylation sites is 2. The minimum absolute atomic E-state index is 0.0139. The number of thioether (sulfide) groups is 1. The lowest BCUT2D eigenvalue weighted by Gasteiger charge is -2.15. The van der Waals surface area contributed by atoms with Gasteiger partial charge >= 0.3 is 6.18 Å². The summed E-state index contributed by atoms with van der Waals surface area (Å²) in [6, 6.07) is 10.5. The summed E-state index contributed by atoms with van der Waals surface area (Å²) >= 11 is 0.568. The number of amides is 3. The first-order chi connectivity index (χ1) is 13.7. The number of hydrogen-bond acceptors (Lipinski definition) is 5. The number of aromatic hydroxyl groups is 1. The van der Waals surface area contributed by atoms with Gasteiger partial charge in [0.2, 0.25) is 5.91 Å². The van der Waals surface area contributed by atoms with Crippen LogP contribution in [0.3, 0.4) is 0 Å². The number of phenolic OH excluding ortho intramolecular Hbond substituents is 1. The number of carbonyl (C=O) groups excluding carboxylic acids is 3. The van der Waals surface area contributed by atoms with E-state index in [0.29, 0.717) is 22.2 Å². The molecule has 0 aromatic heterocycles. The predicted molar refractivity (Wildman–Crippen MR) is 101 cm³/mol. The summed E-state index contributed by atoms with van der Waals surface area (Å²) in [5, 5.41) is 11.1. The number of imide groups is 1. The van der Waals surface area contributed by atoms with E-state index in [9.17, 15) is 32.7 Å². The highest BCUT2D eigenvalue weighted by atomic mass is 32.2. The summed E-state index contributed by atoms with van der Waals surface area (Å²) in [6.07, 6.45) is -3.37. The predicted octanol–water partition coefficient (Wildman–Crippen LogP) is 4.09. The average Bonchev–Trinajstić information content (AvgIpc) is 2.90. The van der Waals surface area contributed by atoms with E-state index in [2.05, 4.69) is 5.32 Å². The second-order valence-corrected chi connectivity index (χ2v) is 6.91. The molecular weight excluding hydrogens is 409 g/mol. The Kier molecular flexibility index (Phi) is 5.64. The van der Waals surface area contributed by atoms with Crippen LogP contribution < -0.4 is 5.32 Å². The third-order valence-electron chi connectivity index (χ3n) is 3.91. The highest BCUT2D eigenvalue weighted by molar-refractivity contribution is 8.18. The fraction of sp³-hybridized carbons (Fsp3) is 0.105. The Morgan fingerprint density at radius 2 is 1.76 bits per heavy atom. The second-order valence-electron chi connectivity index (χ2n) is 5.92. The number of nitrogens with one attached hydrogen (secondary N) is 1. The maximum atomic E-state index is 13.0. The molecule has 0 aliphatic carbocycles. The molecular formula is C19H13F3N2O4S. The van der Waals surface area contributed by atoms with Crippen LogP contribution in [0.5, 0.6) is 5.75 Å². The molecule has 0 saturated carbocycles. The molecule has 150 valence electrons. The molecule has 3 rings (SSSR count). The molecule has 2 aromatic carbocycles. The van der Waals surface area contributed by atoms with E-state index in [1.54, 1.807) is 12.1 Å². The molecule has 2 N–H and O–H groups in total. The summed E-state index contributed by atoms with van der Waals surface area (Å²) in [4.78, 5) is 37.3.